The molecule has 7 rings (SSSR count). The maximum absolute atomic E-state index is 14.5. The molecule has 1 N–H and O–H groups in total. The zero-order valence-electron chi connectivity index (χ0n) is 22.8. The first kappa shape index (κ1) is 26.4. The minimum Gasteiger partial charge on any atom is -0.480 e. The Balaban J connectivity index is 1.55. The molecule has 12 heteroatoms. The molecule has 4 aromatic rings. The Morgan fingerprint density at radius 2 is 1.90 bits per heavy atom. The first-order valence-electron chi connectivity index (χ1n) is 13.4. The van der Waals surface area contributed by atoms with Gasteiger partial charge in [-0.05, 0) is 57.0 Å². The van der Waals surface area contributed by atoms with E-state index in [2.05, 4.69) is 21.4 Å². The summed E-state index contributed by atoms with van der Waals surface area (Å²) in [6.07, 6.45) is 3.73. The molecule has 1 atom stereocenters. The first-order valence-corrected chi connectivity index (χ1v) is 14.1. The predicted molar refractivity (Wildman–Crippen MR) is 156 cm³/mol. The summed E-state index contributed by atoms with van der Waals surface area (Å²) in [7, 11) is 1.53. The van der Waals surface area contributed by atoms with Crippen molar-refractivity contribution in [3.63, 3.8) is 0 Å². The van der Waals surface area contributed by atoms with Gasteiger partial charge in [-0.15, -0.1) is 0 Å². The summed E-state index contributed by atoms with van der Waals surface area (Å²) in [6.45, 7) is 3.89. The third kappa shape index (κ3) is 3.60. The van der Waals surface area contributed by atoms with Crippen molar-refractivity contribution < 1.29 is 14.3 Å². The molecule has 2 aliphatic heterocycles. The molecule has 42 heavy (non-hydrogen) atoms. The van der Waals surface area contributed by atoms with E-state index in [1.807, 2.05) is 18.4 Å². The monoisotopic (exact) mass is 599 g/mol. The second-order valence-corrected chi connectivity index (χ2v) is 11.7. The van der Waals surface area contributed by atoms with Gasteiger partial charge < -0.3 is 14.6 Å². The SMILES string of the molecule is COc1nc(C2CC2)ncc1-c1nc2c(n1C(C)C)C1(C(=O)Nc3cc(Cl)ccc31)N(c1cc(Cl)cc(C#N)c1)C2=O. The number of nitrogens with zero attached hydrogens (tertiary/aromatic N) is 6. The summed E-state index contributed by atoms with van der Waals surface area (Å²) in [4.78, 5) is 44.3. The van der Waals surface area contributed by atoms with E-state index in [1.165, 1.54) is 24.1 Å². The summed E-state index contributed by atoms with van der Waals surface area (Å²) in [5.41, 5.74) is 0.796. The number of aromatic nitrogens is 4. The van der Waals surface area contributed by atoms with Crippen LogP contribution >= 0.6 is 23.2 Å². The molecule has 4 heterocycles. The molecule has 1 saturated carbocycles. The molecule has 2 aromatic carbocycles. The van der Waals surface area contributed by atoms with Gasteiger partial charge in [0.15, 0.2) is 11.2 Å². The number of benzene rings is 2. The van der Waals surface area contributed by atoms with Gasteiger partial charge >= 0.3 is 0 Å². The van der Waals surface area contributed by atoms with Crippen LogP contribution in [0.3, 0.4) is 0 Å². The van der Waals surface area contributed by atoms with Gasteiger partial charge in [-0.3, -0.25) is 14.5 Å². The molecular formula is C30H23Cl2N7O3. The highest BCUT2D eigenvalue weighted by Gasteiger charge is 2.64. The maximum atomic E-state index is 14.5. The van der Waals surface area contributed by atoms with Crippen LogP contribution in [0.4, 0.5) is 11.4 Å². The van der Waals surface area contributed by atoms with Gasteiger partial charge in [0.05, 0.1) is 30.0 Å². The van der Waals surface area contributed by atoms with Crippen molar-refractivity contribution in [2.24, 2.45) is 0 Å². The second kappa shape index (κ2) is 9.28. The number of carbonyl (C=O) groups is 2. The lowest BCUT2D eigenvalue weighted by Crippen LogP contribution is -2.51. The molecule has 2 aromatic heterocycles. The van der Waals surface area contributed by atoms with Crippen molar-refractivity contribution in [3.8, 4) is 23.3 Å². The van der Waals surface area contributed by atoms with Crippen LogP contribution in [0, 0.1) is 11.3 Å². The number of hydrogen-bond acceptors (Lipinski definition) is 7. The molecule has 0 bridgehead atoms. The summed E-state index contributed by atoms with van der Waals surface area (Å²) < 4.78 is 7.54. The van der Waals surface area contributed by atoms with Crippen LogP contribution in [0.25, 0.3) is 11.4 Å². The van der Waals surface area contributed by atoms with Crippen molar-refractivity contribution in [2.75, 3.05) is 17.3 Å². The maximum Gasteiger partial charge on any atom is 0.280 e. The van der Waals surface area contributed by atoms with Crippen molar-refractivity contribution >= 4 is 46.4 Å². The Bertz CT molecular complexity index is 1890. The smallest absolute Gasteiger partial charge is 0.280 e. The van der Waals surface area contributed by atoms with Gasteiger partial charge in [0.2, 0.25) is 5.88 Å². The fourth-order valence-corrected chi connectivity index (χ4v) is 6.42. The molecule has 2 amide bonds. The number of nitrogens with one attached hydrogen (secondary N) is 1. The van der Waals surface area contributed by atoms with E-state index in [0.717, 1.165) is 12.8 Å². The van der Waals surface area contributed by atoms with Gasteiger partial charge in [0.1, 0.15) is 11.6 Å². The van der Waals surface area contributed by atoms with Crippen LogP contribution in [-0.4, -0.2) is 38.4 Å². The normalized spacial score (nSPS) is 18.8. The van der Waals surface area contributed by atoms with Crippen LogP contribution < -0.4 is 15.0 Å². The molecule has 0 saturated heterocycles. The van der Waals surface area contributed by atoms with E-state index < -0.39 is 17.4 Å². The zero-order chi connectivity index (χ0) is 29.5. The van der Waals surface area contributed by atoms with E-state index >= 15 is 0 Å². The number of methoxy groups -OCH3 is 1. The Hall–Kier alpha value is -4.46. The van der Waals surface area contributed by atoms with Gasteiger partial charge in [0.25, 0.3) is 11.8 Å². The number of halogens is 2. The lowest BCUT2D eigenvalue weighted by atomic mass is 9.87. The molecule has 210 valence electrons. The second-order valence-electron chi connectivity index (χ2n) is 10.8. The Labute approximate surface area is 250 Å². The van der Waals surface area contributed by atoms with Gasteiger partial charge in [-0.25, -0.2) is 9.97 Å². The van der Waals surface area contributed by atoms with E-state index in [-0.39, 0.29) is 28.0 Å². The first-order chi connectivity index (χ1) is 20.2. The van der Waals surface area contributed by atoms with Gasteiger partial charge in [0, 0.05) is 45.1 Å². The van der Waals surface area contributed by atoms with Crippen LogP contribution in [0.1, 0.15) is 71.8 Å². The summed E-state index contributed by atoms with van der Waals surface area (Å²) in [5, 5.41) is 13.3. The number of ether oxygens (including phenoxy) is 1. The quantitative estimate of drug-likeness (QED) is 0.305. The van der Waals surface area contributed by atoms with Crippen molar-refractivity contribution in [3.05, 3.63) is 81.0 Å². The lowest BCUT2D eigenvalue weighted by molar-refractivity contribution is -0.119. The van der Waals surface area contributed by atoms with Crippen LogP contribution in [-0.2, 0) is 10.3 Å². The average Bonchev–Trinajstić information content (AvgIpc) is 3.61. The van der Waals surface area contributed by atoms with Crippen LogP contribution in [0.5, 0.6) is 5.88 Å². The van der Waals surface area contributed by atoms with Gasteiger partial charge in [-0.1, -0.05) is 29.3 Å². The molecule has 1 aliphatic carbocycles. The summed E-state index contributed by atoms with van der Waals surface area (Å²) >= 11 is 12.7. The van der Waals surface area contributed by atoms with Crippen LogP contribution in [0.2, 0.25) is 10.0 Å². The number of rotatable bonds is 5. The molecule has 3 aliphatic rings. The lowest BCUT2D eigenvalue weighted by Gasteiger charge is -2.35. The van der Waals surface area contributed by atoms with Crippen LogP contribution in [0.15, 0.2) is 42.6 Å². The average molecular weight is 600 g/mol. The summed E-state index contributed by atoms with van der Waals surface area (Å²) in [5.74, 6) is 0.769. The Morgan fingerprint density at radius 1 is 1.12 bits per heavy atom. The number of amides is 2. The molecule has 1 spiro atoms. The molecule has 10 nitrogen and oxygen atoms in total. The topological polar surface area (TPSA) is 126 Å². The highest BCUT2D eigenvalue weighted by molar-refractivity contribution is 6.32. The van der Waals surface area contributed by atoms with Crippen molar-refractivity contribution in [1.29, 1.82) is 5.26 Å². The van der Waals surface area contributed by atoms with Crippen molar-refractivity contribution in [1.82, 2.24) is 19.5 Å². The third-order valence-corrected chi connectivity index (χ3v) is 8.33. The Morgan fingerprint density at radius 3 is 2.60 bits per heavy atom. The number of fused-ring (bicyclic) bond motifs is 4. The van der Waals surface area contributed by atoms with Gasteiger partial charge in [-0.2, -0.15) is 10.2 Å². The van der Waals surface area contributed by atoms with E-state index in [4.69, 9.17) is 32.9 Å². The van der Waals surface area contributed by atoms with Crippen molar-refractivity contribution in [2.45, 2.75) is 44.2 Å². The molecular weight excluding hydrogens is 577 g/mol. The number of nitriles is 1. The third-order valence-electron chi connectivity index (χ3n) is 7.88. The highest BCUT2D eigenvalue weighted by atomic mass is 35.5. The fourth-order valence-electron chi connectivity index (χ4n) is 6.02. The summed E-state index contributed by atoms with van der Waals surface area (Å²) in [6, 6.07) is 11.5. The Kier molecular flexibility index (Phi) is 5.84. The standard InChI is InChI=1S/C30H23Cl2N7O3/c1-14(2)38-24-23(36-26(38)20-13-34-25(16-4-5-16)37-27(20)42-3)28(40)39(19-9-15(12-33)8-18(32)10-19)30(24)21-7-6-17(31)11-22(21)35-29(30)41/h6-11,13-14,16H,4-5H2,1-3H3,(H,35,41). The predicted octanol–water partition coefficient (Wildman–Crippen LogP) is 5.84. The van der Waals surface area contributed by atoms with E-state index in [9.17, 15) is 14.9 Å². The fraction of sp³-hybridized carbons (Fsp3) is 0.267. The molecule has 0 radical (unpaired) electrons. The number of carbonyl (C=O) groups excluding carboxylic acids is 2. The van der Waals surface area contributed by atoms with E-state index in [0.29, 0.717) is 51.0 Å². The van der Waals surface area contributed by atoms with E-state index in [1.54, 1.807) is 30.5 Å². The highest BCUT2D eigenvalue weighted by Crippen LogP contribution is 2.55. The minimum absolute atomic E-state index is 0.0865. The molecule has 1 fully saturated rings. The largest absolute Gasteiger partial charge is 0.480 e. The minimum atomic E-state index is -1.68. The number of imidazole rings is 1. The molecule has 1 unspecified atom stereocenters. The number of anilines is 2. The zero-order valence-corrected chi connectivity index (χ0v) is 24.3. The number of hydrogen-bond donors (Lipinski definition) is 1.